The fourth-order valence-corrected chi connectivity index (χ4v) is 2.10. The summed E-state index contributed by atoms with van der Waals surface area (Å²) in [5, 5.41) is 5.75. The van der Waals surface area contributed by atoms with Crippen LogP contribution in [0.4, 0.5) is 10.8 Å². The van der Waals surface area contributed by atoms with E-state index in [0.29, 0.717) is 11.7 Å². The number of benzene rings is 1. The van der Waals surface area contributed by atoms with Crippen LogP contribution in [0.1, 0.15) is 5.69 Å². The van der Waals surface area contributed by atoms with E-state index in [0.717, 1.165) is 22.9 Å². The Hall–Kier alpha value is -1.95. The average molecular weight is 265 g/mol. The van der Waals surface area contributed by atoms with Gasteiger partial charge < -0.3 is 20.5 Å². The second-order valence-electron chi connectivity index (χ2n) is 3.60. The molecule has 96 valence electrons. The highest BCUT2D eigenvalue weighted by molar-refractivity contribution is 7.13. The fourth-order valence-electron chi connectivity index (χ4n) is 1.54. The van der Waals surface area contributed by atoms with Gasteiger partial charge in [-0.25, -0.2) is 4.98 Å². The third-order valence-corrected chi connectivity index (χ3v) is 3.16. The zero-order chi connectivity index (χ0) is 13.0. The van der Waals surface area contributed by atoms with Gasteiger partial charge in [0.15, 0.2) is 5.13 Å². The lowest BCUT2D eigenvalue weighted by molar-refractivity contribution is 0.404. The minimum absolute atomic E-state index is 0.574. The van der Waals surface area contributed by atoms with Crippen molar-refractivity contribution in [3.8, 4) is 11.5 Å². The van der Waals surface area contributed by atoms with Crippen molar-refractivity contribution in [3.05, 3.63) is 29.3 Å². The highest BCUT2D eigenvalue weighted by Crippen LogP contribution is 2.29. The predicted molar refractivity (Wildman–Crippen MR) is 73.4 cm³/mol. The first-order valence-electron chi connectivity index (χ1n) is 5.38. The quantitative estimate of drug-likeness (QED) is 0.868. The van der Waals surface area contributed by atoms with Crippen molar-refractivity contribution in [2.75, 3.05) is 25.3 Å². The van der Waals surface area contributed by atoms with Gasteiger partial charge in [-0.3, -0.25) is 0 Å². The number of hydrogen-bond acceptors (Lipinski definition) is 6. The van der Waals surface area contributed by atoms with E-state index in [2.05, 4.69) is 10.3 Å². The molecule has 0 unspecified atom stereocenters. The minimum Gasteiger partial charge on any atom is -0.497 e. The van der Waals surface area contributed by atoms with E-state index in [-0.39, 0.29) is 0 Å². The molecule has 0 aliphatic rings. The Morgan fingerprint density at radius 3 is 2.78 bits per heavy atom. The van der Waals surface area contributed by atoms with Gasteiger partial charge in [-0.05, 0) is 12.1 Å². The molecule has 18 heavy (non-hydrogen) atoms. The number of nitrogens with one attached hydrogen (secondary N) is 1. The van der Waals surface area contributed by atoms with Gasteiger partial charge in [0.25, 0.3) is 0 Å². The van der Waals surface area contributed by atoms with Crippen molar-refractivity contribution < 1.29 is 9.47 Å². The third-order valence-electron chi connectivity index (χ3n) is 2.44. The maximum absolute atomic E-state index is 5.58. The lowest BCUT2D eigenvalue weighted by Gasteiger charge is -2.11. The third kappa shape index (κ3) is 2.84. The predicted octanol–water partition coefficient (Wildman–Crippen LogP) is 2.35. The minimum atomic E-state index is 0.574. The van der Waals surface area contributed by atoms with Crippen LogP contribution in [-0.2, 0) is 6.54 Å². The normalized spacial score (nSPS) is 10.1. The van der Waals surface area contributed by atoms with E-state index < -0.39 is 0 Å². The van der Waals surface area contributed by atoms with Gasteiger partial charge in [0.2, 0.25) is 0 Å². The lowest BCUT2D eigenvalue weighted by Crippen LogP contribution is -2.02. The SMILES string of the molecule is COc1ccc(OC)c(NCc2csc(N)n2)c1. The van der Waals surface area contributed by atoms with Crippen molar-refractivity contribution in [2.45, 2.75) is 6.54 Å². The lowest BCUT2D eigenvalue weighted by atomic mass is 10.2. The van der Waals surface area contributed by atoms with Gasteiger partial charge in [-0.2, -0.15) is 0 Å². The van der Waals surface area contributed by atoms with Crippen LogP contribution < -0.4 is 20.5 Å². The first-order valence-corrected chi connectivity index (χ1v) is 6.26. The van der Waals surface area contributed by atoms with Crippen molar-refractivity contribution >= 4 is 22.2 Å². The Kier molecular flexibility index (Phi) is 3.88. The number of aromatic nitrogens is 1. The molecule has 0 fully saturated rings. The van der Waals surface area contributed by atoms with Gasteiger partial charge >= 0.3 is 0 Å². The van der Waals surface area contributed by atoms with E-state index in [1.165, 1.54) is 11.3 Å². The number of thiazole rings is 1. The highest BCUT2D eigenvalue weighted by atomic mass is 32.1. The number of ether oxygens (including phenoxy) is 2. The van der Waals surface area contributed by atoms with Crippen LogP contribution in [0.2, 0.25) is 0 Å². The van der Waals surface area contributed by atoms with Gasteiger partial charge in [0.05, 0.1) is 32.1 Å². The summed E-state index contributed by atoms with van der Waals surface area (Å²) < 4.78 is 10.5. The Bertz CT molecular complexity index is 528. The maximum atomic E-state index is 5.58. The molecule has 1 aromatic heterocycles. The number of nitrogens with two attached hydrogens (primary N) is 1. The Morgan fingerprint density at radius 2 is 2.17 bits per heavy atom. The molecule has 2 aromatic rings. The van der Waals surface area contributed by atoms with Gasteiger partial charge in [-0.15, -0.1) is 11.3 Å². The Morgan fingerprint density at radius 1 is 1.33 bits per heavy atom. The molecule has 3 N–H and O–H groups in total. The molecule has 0 saturated heterocycles. The number of hydrogen-bond donors (Lipinski definition) is 2. The topological polar surface area (TPSA) is 69.4 Å². The largest absolute Gasteiger partial charge is 0.497 e. The highest BCUT2D eigenvalue weighted by Gasteiger charge is 2.05. The second-order valence-corrected chi connectivity index (χ2v) is 4.49. The molecule has 2 rings (SSSR count). The molecule has 0 aliphatic carbocycles. The molecule has 0 amide bonds. The molecule has 1 aromatic carbocycles. The fraction of sp³-hybridized carbons (Fsp3) is 0.250. The summed E-state index contributed by atoms with van der Waals surface area (Å²) in [7, 11) is 3.26. The van der Waals surface area contributed by atoms with Gasteiger partial charge in [-0.1, -0.05) is 0 Å². The van der Waals surface area contributed by atoms with Crippen LogP contribution in [0.25, 0.3) is 0 Å². The van der Waals surface area contributed by atoms with Crippen molar-refractivity contribution in [3.63, 3.8) is 0 Å². The smallest absolute Gasteiger partial charge is 0.180 e. The van der Waals surface area contributed by atoms with Crippen LogP contribution in [-0.4, -0.2) is 19.2 Å². The Balaban J connectivity index is 2.11. The number of methoxy groups -OCH3 is 2. The summed E-state index contributed by atoms with van der Waals surface area (Å²) >= 11 is 1.43. The average Bonchev–Trinajstić information content (AvgIpc) is 2.81. The molecular formula is C12H15N3O2S. The van der Waals surface area contributed by atoms with Crippen molar-refractivity contribution in [1.82, 2.24) is 4.98 Å². The molecule has 0 radical (unpaired) electrons. The molecule has 5 nitrogen and oxygen atoms in total. The van der Waals surface area contributed by atoms with Crippen LogP contribution in [0.15, 0.2) is 23.6 Å². The van der Waals surface area contributed by atoms with Crippen LogP contribution >= 0.6 is 11.3 Å². The monoisotopic (exact) mass is 265 g/mol. The Labute approximate surface area is 110 Å². The molecule has 0 saturated carbocycles. The first kappa shape index (κ1) is 12.5. The van der Waals surface area contributed by atoms with Crippen LogP contribution in [0.3, 0.4) is 0 Å². The summed E-state index contributed by atoms with van der Waals surface area (Å²) in [4.78, 5) is 4.19. The number of nitrogens with zero attached hydrogens (tertiary/aromatic N) is 1. The van der Waals surface area contributed by atoms with E-state index in [4.69, 9.17) is 15.2 Å². The summed E-state index contributed by atoms with van der Waals surface area (Å²) in [5.41, 5.74) is 7.35. The van der Waals surface area contributed by atoms with Crippen LogP contribution in [0, 0.1) is 0 Å². The number of nitrogen functional groups attached to an aromatic ring is 1. The van der Waals surface area contributed by atoms with E-state index in [1.54, 1.807) is 14.2 Å². The number of rotatable bonds is 5. The standard InChI is InChI=1S/C12H15N3O2S/c1-16-9-3-4-11(17-2)10(5-9)14-6-8-7-18-12(13)15-8/h3-5,7,14H,6H2,1-2H3,(H2,13,15). The van der Waals surface area contributed by atoms with Crippen molar-refractivity contribution in [1.29, 1.82) is 0 Å². The van der Waals surface area contributed by atoms with Gasteiger partial charge in [0.1, 0.15) is 11.5 Å². The molecule has 6 heteroatoms. The van der Waals surface area contributed by atoms with Crippen LogP contribution in [0.5, 0.6) is 11.5 Å². The first-order chi connectivity index (χ1) is 8.72. The maximum Gasteiger partial charge on any atom is 0.180 e. The molecule has 0 aliphatic heterocycles. The molecule has 1 heterocycles. The summed E-state index contributed by atoms with van der Waals surface area (Å²) in [5.74, 6) is 1.54. The molecule has 0 spiro atoms. The summed E-state index contributed by atoms with van der Waals surface area (Å²) in [6, 6.07) is 5.59. The molecular weight excluding hydrogens is 250 g/mol. The summed E-state index contributed by atoms with van der Waals surface area (Å²) in [6.07, 6.45) is 0. The van der Waals surface area contributed by atoms with E-state index >= 15 is 0 Å². The summed E-state index contributed by atoms with van der Waals surface area (Å²) in [6.45, 7) is 0.594. The number of anilines is 2. The van der Waals surface area contributed by atoms with E-state index in [1.807, 2.05) is 23.6 Å². The van der Waals surface area contributed by atoms with Crippen molar-refractivity contribution in [2.24, 2.45) is 0 Å². The van der Waals surface area contributed by atoms with Gasteiger partial charge in [0, 0.05) is 11.4 Å². The van der Waals surface area contributed by atoms with E-state index in [9.17, 15) is 0 Å². The second kappa shape index (κ2) is 5.59. The zero-order valence-corrected chi connectivity index (χ0v) is 11.1. The molecule has 0 bridgehead atoms. The zero-order valence-electron chi connectivity index (χ0n) is 10.3. The molecule has 0 atom stereocenters.